The molecule has 2 aromatic rings. The summed E-state index contributed by atoms with van der Waals surface area (Å²) < 4.78 is 1.67. The van der Waals surface area contributed by atoms with Crippen molar-refractivity contribution in [3.8, 4) is 5.69 Å². The zero-order valence-corrected chi connectivity index (χ0v) is 9.34. The highest BCUT2D eigenvalue weighted by molar-refractivity contribution is 5.93. The lowest BCUT2D eigenvalue weighted by Crippen LogP contribution is -2.22. The largest absolute Gasteiger partial charge is 0.348 e. The molecule has 0 saturated carbocycles. The molecule has 0 saturated heterocycles. The first kappa shape index (κ1) is 11.1. The van der Waals surface area contributed by atoms with E-state index < -0.39 is 0 Å². The summed E-state index contributed by atoms with van der Waals surface area (Å²) in [5.41, 5.74) is 1.46. The second-order valence-electron chi connectivity index (χ2n) is 3.51. The van der Waals surface area contributed by atoms with Crippen molar-refractivity contribution in [2.75, 3.05) is 6.54 Å². The Morgan fingerprint density at radius 3 is 2.88 bits per heavy atom. The predicted molar refractivity (Wildman–Crippen MR) is 66.1 cm³/mol. The molecule has 86 valence electrons. The number of amides is 1. The van der Waals surface area contributed by atoms with Gasteiger partial charge in [-0.2, -0.15) is 5.10 Å². The van der Waals surface area contributed by atoms with Crippen LogP contribution in [0.5, 0.6) is 0 Å². The second kappa shape index (κ2) is 5.12. The molecule has 4 heteroatoms. The highest BCUT2D eigenvalue weighted by Crippen LogP contribution is 2.07. The van der Waals surface area contributed by atoms with Gasteiger partial charge in [-0.15, -0.1) is 6.58 Å². The SMILES string of the molecule is C=CCNC(=O)c1cnn(-c2ccccc2)c1. The van der Waals surface area contributed by atoms with Crippen LogP contribution in [0.25, 0.3) is 5.69 Å². The Kier molecular flexibility index (Phi) is 3.35. The van der Waals surface area contributed by atoms with Crippen LogP contribution in [-0.2, 0) is 0 Å². The van der Waals surface area contributed by atoms with E-state index in [4.69, 9.17) is 0 Å². The summed E-state index contributed by atoms with van der Waals surface area (Å²) in [6, 6.07) is 9.64. The third-order valence-electron chi connectivity index (χ3n) is 2.27. The summed E-state index contributed by atoms with van der Waals surface area (Å²) in [5, 5.41) is 6.85. The normalized spacial score (nSPS) is 9.88. The molecule has 0 aliphatic carbocycles. The molecular formula is C13H13N3O. The van der Waals surface area contributed by atoms with Gasteiger partial charge in [-0.05, 0) is 12.1 Å². The Morgan fingerprint density at radius 2 is 2.18 bits per heavy atom. The molecule has 1 aromatic heterocycles. The number of nitrogens with one attached hydrogen (secondary N) is 1. The van der Waals surface area contributed by atoms with Gasteiger partial charge in [-0.3, -0.25) is 4.79 Å². The Balaban J connectivity index is 2.16. The summed E-state index contributed by atoms with van der Waals surface area (Å²) in [6.07, 6.45) is 4.89. The molecule has 0 fully saturated rings. The van der Waals surface area contributed by atoms with E-state index in [2.05, 4.69) is 17.0 Å². The van der Waals surface area contributed by atoms with Gasteiger partial charge >= 0.3 is 0 Å². The van der Waals surface area contributed by atoms with Gasteiger partial charge in [0.05, 0.1) is 17.4 Å². The van der Waals surface area contributed by atoms with E-state index in [1.165, 1.54) is 0 Å². The average Bonchev–Trinajstić information content (AvgIpc) is 2.86. The number of nitrogens with zero attached hydrogens (tertiary/aromatic N) is 2. The first-order valence-electron chi connectivity index (χ1n) is 5.30. The van der Waals surface area contributed by atoms with E-state index in [0.29, 0.717) is 12.1 Å². The van der Waals surface area contributed by atoms with Crippen molar-refractivity contribution in [3.05, 3.63) is 60.9 Å². The fraction of sp³-hybridized carbons (Fsp3) is 0.0769. The average molecular weight is 227 g/mol. The standard InChI is InChI=1S/C13H13N3O/c1-2-8-14-13(17)11-9-15-16(10-11)12-6-4-3-5-7-12/h2-7,9-10H,1,8H2,(H,14,17). The van der Waals surface area contributed by atoms with Gasteiger partial charge in [0, 0.05) is 12.7 Å². The number of hydrogen-bond donors (Lipinski definition) is 1. The molecule has 0 atom stereocenters. The molecule has 4 nitrogen and oxygen atoms in total. The molecule has 17 heavy (non-hydrogen) atoms. The second-order valence-corrected chi connectivity index (χ2v) is 3.51. The first-order chi connectivity index (χ1) is 8.31. The molecule has 1 N–H and O–H groups in total. The minimum Gasteiger partial charge on any atom is -0.348 e. The van der Waals surface area contributed by atoms with Crippen LogP contribution in [0.3, 0.4) is 0 Å². The van der Waals surface area contributed by atoms with Gasteiger partial charge in [0.15, 0.2) is 0 Å². The summed E-state index contributed by atoms with van der Waals surface area (Å²) in [5.74, 6) is -0.146. The molecule has 0 bridgehead atoms. The van der Waals surface area contributed by atoms with Crippen LogP contribution in [0.1, 0.15) is 10.4 Å². The maximum atomic E-state index is 11.6. The third kappa shape index (κ3) is 2.60. The summed E-state index contributed by atoms with van der Waals surface area (Å²) in [6.45, 7) is 4.00. The van der Waals surface area contributed by atoms with Gasteiger partial charge < -0.3 is 5.32 Å². The van der Waals surface area contributed by atoms with Crippen molar-refractivity contribution in [2.45, 2.75) is 0 Å². The molecule has 1 heterocycles. The molecule has 0 radical (unpaired) electrons. The number of carbonyl (C=O) groups excluding carboxylic acids is 1. The topological polar surface area (TPSA) is 46.9 Å². The molecule has 0 unspecified atom stereocenters. The Morgan fingerprint density at radius 1 is 1.41 bits per heavy atom. The lowest BCUT2D eigenvalue weighted by atomic mass is 10.3. The molecule has 0 aliphatic rings. The van der Waals surface area contributed by atoms with Crippen LogP contribution in [0.15, 0.2) is 55.4 Å². The Labute approximate surface area is 99.6 Å². The fourth-order valence-corrected chi connectivity index (χ4v) is 1.43. The fourth-order valence-electron chi connectivity index (χ4n) is 1.43. The summed E-state index contributed by atoms with van der Waals surface area (Å²) in [7, 11) is 0. The molecule has 0 aliphatic heterocycles. The summed E-state index contributed by atoms with van der Waals surface area (Å²) in [4.78, 5) is 11.6. The van der Waals surface area contributed by atoms with E-state index >= 15 is 0 Å². The summed E-state index contributed by atoms with van der Waals surface area (Å²) >= 11 is 0. The third-order valence-corrected chi connectivity index (χ3v) is 2.27. The van der Waals surface area contributed by atoms with Crippen molar-refractivity contribution >= 4 is 5.91 Å². The first-order valence-corrected chi connectivity index (χ1v) is 5.30. The van der Waals surface area contributed by atoms with E-state index in [0.717, 1.165) is 5.69 Å². The molecular weight excluding hydrogens is 214 g/mol. The van der Waals surface area contributed by atoms with Crippen molar-refractivity contribution in [2.24, 2.45) is 0 Å². The molecule has 1 amide bonds. The van der Waals surface area contributed by atoms with Gasteiger partial charge in [0.25, 0.3) is 5.91 Å². The van der Waals surface area contributed by atoms with Crippen LogP contribution in [-0.4, -0.2) is 22.2 Å². The van der Waals surface area contributed by atoms with E-state index in [-0.39, 0.29) is 5.91 Å². The van der Waals surface area contributed by atoms with Crippen molar-refractivity contribution in [1.82, 2.24) is 15.1 Å². The number of aromatic nitrogens is 2. The Bertz CT molecular complexity index is 516. The minimum atomic E-state index is -0.146. The molecule has 0 spiro atoms. The number of rotatable bonds is 4. The minimum absolute atomic E-state index is 0.146. The zero-order chi connectivity index (χ0) is 12.1. The number of carbonyl (C=O) groups is 1. The van der Waals surface area contributed by atoms with Crippen molar-refractivity contribution < 1.29 is 4.79 Å². The Hall–Kier alpha value is -2.36. The number of hydrogen-bond acceptors (Lipinski definition) is 2. The van der Waals surface area contributed by atoms with Gasteiger partial charge in [-0.1, -0.05) is 24.3 Å². The molecule has 2 rings (SSSR count). The monoisotopic (exact) mass is 227 g/mol. The van der Waals surface area contributed by atoms with Crippen molar-refractivity contribution in [3.63, 3.8) is 0 Å². The van der Waals surface area contributed by atoms with Gasteiger partial charge in [-0.25, -0.2) is 4.68 Å². The van der Waals surface area contributed by atoms with Crippen LogP contribution >= 0.6 is 0 Å². The lowest BCUT2D eigenvalue weighted by Gasteiger charge is -1.99. The number of benzene rings is 1. The predicted octanol–water partition coefficient (Wildman–Crippen LogP) is 1.79. The maximum Gasteiger partial charge on any atom is 0.254 e. The van der Waals surface area contributed by atoms with E-state index in [9.17, 15) is 4.79 Å². The van der Waals surface area contributed by atoms with Crippen molar-refractivity contribution in [1.29, 1.82) is 0 Å². The van der Waals surface area contributed by atoms with Gasteiger partial charge in [0.2, 0.25) is 0 Å². The quantitative estimate of drug-likeness (QED) is 0.809. The zero-order valence-electron chi connectivity index (χ0n) is 9.34. The van der Waals surface area contributed by atoms with Crippen LogP contribution < -0.4 is 5.32 Å². The number of para-hydroxylation sites is 1. The van der Waals surface area contributed by atoms with E-state index in [1.807, 2.05) is 30.3 Å². The lowest BCUT2D eigenvalue weighted by molar-refractivity contribution is 0.0958. The molecule has 1 aromatic carbocycles. The maximum absolute atomic E-state index is 11.6. The highest BCUT2D eigenvalue weighted by Gasteiger charge is 2.07. The van der Waals surface area contributed by atoms with Crippen LogP contribution in [0.2, 0.25) is 0 Å². The smallest absolute Gasteiger partial charge is 0.254 e. The van der Waals surface area contributed by atoms with Crippen LogP contribution in [0, 0.1) is 0 Å². The van der Waals surface area contributed by atoms with Gasteiger partial charge in [0.1, 0.15) is 0 Å². The highest BCUT2D eigenvalue weighted by atomic mass is 16.1. The van der Waals surface area contributed by atoms with E-state index in [1.54, 1.807) is 23.2 Å². The van der Waals surface area contributed by atoms with Crippen LogP contribution in [0.4, 0.5) is 0 Å².